The smallest absolute Gasteiger partial charge is 0.272 e. The SMILES string of the molecule is C[C@]12OC[C@]3(C=C[C@@H]1NC(=O)C(Cl)(Cl)Cl)CCC[C@@H]32. The fraction of sp³-hybridized carbons (Fsp3) is 0.769. The van der Waals surface area contributed by atoms with Gasteiger partial charge in [-0.1, -0.05) is 53.4 Å². The number of alkyl halides is 3. The minimum atomic E-state index is -1.94. The molecule has 106 valence electrons. The van der Waals surface area contributed by atoms with Gasteiger partial charge in [-0.05, 0) is 19.8 Å². The molecule has 4 atom stereocenters. The van der Waals surface area contributed by atoms with E-state index in [2.05, 4.69) is 18.3 Å². The van der Waals surface area contributed by atoms with Crippen molar-refractivity contribution in [3.8, 4) is 0 Å². The normalized spacial score (nSPS) is 44.2. The van der Waals surface area contributed by atoms with Gasteiger partial charge in [0, 0.05) is 11.3 Å². The number of nitrogens with one attached hydrogen (secondary N) is 1. The Morgan fingerprint density at radius 2 is 2.21 bits per heavy atom. The summed E-state index contributed by atoms with van der Waals surface area (Å²) in [6.45, 7) is 2.78. The molecular formula is C13H16Cl3NO2. The highest BCUT2D eigenvalue weighted by Gasteiger charge is 2.62. The molecule has 0 unspecified atom stereocenters. The highest BCUT2D eigenvalue weighted by Crippen LogP contribution is 2.59. The number of ether oxygens (including phenoxy) is 1. The van der Waals surface area contributed by atoms with E-state index in [1.165, 1.54) is 6.42 Å². The van der Waals surface area contributed by atoms with Crippen LogP contribution >= 0.6 is 34.8 Å². The molecule has 1 aliphatic heterocycles. The van der Waals surface area contributed by atoms with E-state index in [0.29, 0.717) is 5.92 Å². The van der Waals surface area contributed by atoms with Crippen LogP contribution in [0, 0.1) is 11.3 Å². The Labute approximate surface area is 127 Å². The first-order chi connectivity index (χ1) is 8.78. The van der Waals surface area contributed by atoms with Crippen molar-refractivity contribution in [1.29, 1.82) is 0 Å². The van der Waals surface area contributed by atoms with Gasteiger partial charge in [0.2, 0.25) is 0 Å². The maximum absolute atomic E-state index is 11.8. The summed E-state index contributed by atoms with van der Waals surface area (Å²) in [6, 6.07) is -0.241. The van der Waals surface area contributed by atoms with Crippen LogP contribution < -0.4 is 5.32 Å². The first-order valence-corrected chi connectivity index (χ1v) is 7.62. The summed E-state index contributed by atoms with van der Waals surface area (Å²) in [4.78, 5) is 11.8. The number of carbonyl (C=O) groups is 1. The van der Waals surface area contributed by atoms with Crippen LogP contribution in [0.3, 0.4) is 0 Å². The minimum absolute atomic E-state index is 0.163. The minimum Gasteiger partial charge on any atom is -0.372 e. The predicted octanol–water partition coefficient (Wildman–Crippen LogP) is 2.99. The van der Waals surface area contributed by atoms with Crippen LogP contribution in [-0.4, -0.2) is 27.9 Å². The second kappa shape index (κ2) is 4.27. The molecule has 0 aromatic carbocycles. The van der Waals surface area contributed by atoms with Crippen LogP contribution in [0.25, 0.3) is 0 Å². The first-order valence-electron chi connectivity index (χ1n) is 6.49. The van der Waals surface area contributed by atoms with Gasteiger partial charge in [0.1, 0.15) is 0 Å². The molecule has 2 bridgehead atoms. The molecule has 0 radical (unpaired) electrons. The number of hydrogen-bond donors (Lipinski definition) is 1. The second-order valence-electron chi connectivity index (χ2n) is 5.96. The molecule has 0 aromatic rings. The summed E-state index contributed by atoms with van der Waals surface area (Å²) in [5, 5.41) is 2.79. The predicted molar refractivity (Wildman–Crippen MR) is 75.5 cm³/mol. The van der Waals surface area contributed by atoms with Crippen LogP contribution in [-0.2, 0) is 9.53 Å². The van der Waals surface area contributed by atoms with Crippen molar-refractivity contribution in [2.24, 2.45) is 11.3 Å². The van der Waals surface area contributed by atoms with Crippen LogP contribution in [0.15, 0.2) is 12.2 Å². The van der Waals surface area contributed by atoms with E-state index >= 15 is 0 Å². The summed E-state index contributed by atoms with van der Waals surface area (Å²) in [5.41, 5.74) is -0.229. The quantitative estimate of drug-likeness (QED) is 0.595. The molecule has 1 saturated carbocycles. The zero-order valence-electron chi connectivity index (χ0n) is 10.6. The van der Waals surface area contributed by atoms with Gasteiger partial charge < -0.3 is 10.1 Å². The third kappa shape index (κ3) is 2.01. The molecule has 1 saturated heterocycles. The van der Waals surface area contributed by atoms with Crippen LogP contribution in [0.2, 0.25) is 0 Å². The van der Waals surface area contributed by atoms with Crippen LogP contribution in [0.5, 0.6) is 0 Å². The molecule has 3 aliphatic rings. The summed E-state index contributed by atoms with van der Waals surface area (Å²) < 4.78 is 4.10. The summed E-state index contributed by atoms with van der Waals surface area (Å²) in [6.07, 6.45) is 7.70. The molecule has 1 N–H and O–H groups in total. The Hall–Kier alpha value is 0.0400. The zero-order chi connectivity index (χ0) is 13.9. The number of amides is 1. The fourth-order valence-corrected chi connectivity index (χ4v) is 4.13. The van der Waals surface area contributed by atoms with Crippen molar-refractivity contribution in [2.45, 2.75) is 41.6 Å². The molecule has 3 rings (SSSR count). The molecule has 0 spiro atoms. The van der Waals surface area contributed by atoms with Crippen molar-refractivity contribution in [3.05, 3.63) is 12.2 Å². The molecule has 19 heavy (non-hydrogen) atoms. The average molecular weight is 325 g/mol. The van der Waals surface area contributed by atoms with Crippen LogP contribution in [0.4, 0.5) is 0 Å². The van der Waals surface area contributed by atoms with E-state index in [-0.39, 0.29) is 11.5 Å². The van der Waals surface area contributed by atoms with Gasteiger partial charge in [-0.15, -0.1) is 0 Å². The Balaban J connectivity index is 1.85. The van der Waals surface area contributed by atoms with E-state index < -0.39 is 15.3 Å². The van der Waals surface area contributed by atoms with Gasteiger partial charge in [-0.2, -0.15) is 0 Å². The highest BCUT2D eigenvalue weighted by atomic mass is 35.6. The zero-order valence-corrected chi connectivity index (χ0v) is 12.9. The Bertz CT molecular complexity index is 448. The number of carbonyl (C=O) groups excluding carboxylic acids is 1. The monoisotopic (exact) mass is 323 g/mol. The molecule has 1 heterocycles. The van der Waals surface area contributed by atoms with Crippen molar-refractivity contribution in [2.75, 3.05) is 6.61 Å². The van der Waals surface area contributed by atoms with E-state index in [4.69, 9.17) is 39.5 Å². The van der Waals surface area contributed by atoms with Gasteiger partial charge in [0.25, 0.3) is 9.70 Å². The fourth-order valence-electron chi connectivity index (χ4n) is 3.97. The van der Waals surface area contributed by atoms with Crippen molar-refractivity contribution in [3.63, 3.8) is 0 Å². The van der Waals surface area contributed by atoms with Gasteiger partial charge in [0.05, 0.1) is 18.2 Å². The van der Waals surface area contributed by atoms with Gasteiger partial charge in [-0.25, -0.2) is 0 Å². The lowest BCUT2D eigenvalue weighted by molar-refractivity contribution is -0.123. The van der Waals surface area contributed by atoms with Gasteiger partial charge in [0.15, 0.2) is 0 Å². The third-order valence-electron chi connectivity index (χ3n) is 4.96. The lowest BCUT2D eigenvalue weighted by Gasteiger charge is -2.42. The first kappa shape index (κ1) is 14.0. The molecule has 6 heteroatoms. The summed E-state index contributed by atoms with van der Waals surface area (Å²) >= 11 is 16.8. The second-order valence-corrected chi connectivity index (χ2v) is 8.24. The average Bonchev–Trinajstić information content (AvgIpc) is 2.81. The molecule has 2 aliphatic carbocycles. The molecule has 0 aromatic heterocycles. The summed E-state index contributed by atoms with van der Waals surface area (Å²) in [5.74, 6) is -0.167. The van der Waals surface area contributed by atoms with E-state index in [9.17, 15) is 4.79 Å². The maximum Gasteiger partial charge on any atom is 0.272 e. The van der Waals surface area contributed by atoms with E-state index in [1.54, 1.807) is 0 Å². The van der Waals surface area contributed by atoms with Crippen LogP contribution in [0.1, 0.15) is 26.2 Å². The van der Waals surface area contributed by atoms with Gasteiger partial charge in [-0.3, -0.25) is 4.79 Å². The number of rotatable bonds is 1. The van der Waals surface area contributed by atoms with Crippen molar-refractivity contribution >= 4 is 40.7 Å². The standard InChI is InChI=1S/C13H16Cl3NO2/c1-11-8-3-2-5-12(8,7-19-11)6-4-9(11)17-10(18)13(14,15)16/h4,6,8-9H,2-3,5,7H2,1H3,(H,17,18)/t8-,9+,11-,12-/m1/s1. The lowest BCUT2D eigenvalue weighted by Crippen LogP contribution is -2.57. The summed E-state index contributed by atoms with van der Waals surface area (Å²) in [7, 11) is 0. The Morgan fingerprint density at radius 3 is 2.89 bits per heavy atom. The molecular weight excluding hydrogens is 309 g/mol. The third-order valence-corrected chi connectivity index (χ3v) is 5.47. The molecule has 2 fully saturated rings. The largest absolute Gasteiger partial charge is 0.372 e. The van der Waals surface area contributed by atoms with Crippen molar-refractivity contribution in [1.82, 2.24) is 5.32 Å². The number of halogens is 3. The van der Waals surface area contributed by atoms with Gasteiger partial charge >= 0.3 is 0 Å². The molecule has 3 nitrogen and oxygen atoms in total. The maximum atomic E-state index is 11.8. The molecule has 1 amide bonds. The van der Waals surface area contributed by atoms with Crippen molar-refractivity contribution < 1.29 is 9.53 Å². The number of hydrogen-bond acceptors (Lipinski definition) is 2. The van der Waals surface area contributed by atoms with E-state index in [0.717, 1.165) is 19.4 Å². The van der Waals surface area contributed by atoms with E-state index in [1.807, 2.05) is 6.08 Å². The Kier molecular flexibility index (Phi) is 3.14. The topological polar surface area (TPSA) is 38.3 Å². The lowest BCUT2D eigenvalue weighted by atomic mass is 9.66. The highest BCUT2D eigenvalue weighted by molar-refractivity contribution is 6.76. The Morgan fingerprint density at radius 1 is 1.47 bits per heavy atom.